The number of hydrogen-bond donors (Lipinski definition) is 0. The van der Waals surface area contributed by atoms with Crippen molar-refractivity contribution in [2.24, 2.45) is 7.05 Å². The van der Waals surface area contributed by atoms with E-state index in [0.717, 1.165) is 31.2 Å². The number of aryl methyl sites for hydroxylation is 2. The van der Waals surface area contributed by atoms with Crippen molar-refractivity contribution in [1.82, 2.24) is 29.4 Å². The lowest BCUT2D eigenvalue weighted by Gasteiger charge is -2.35. The summed E-state index contributed by atoms with van der Waals surface area (Å²) in [5, 5.41) is 13.6. The molecule has 0 bridgehead atoms. The lowest BCUT2D eigenvalue weighted by molar-refractivity contribution is 0.117. The molecule has 1 saturated carbocycles. The molecule has 2 aliphatic rings. The Hall–Kier alpha value is -1.69. The molecule has 3 heterocycles. The number of rotatable bonds is 5. The van der Waals surface area contributed by atoms with Crippen LogP contribution in [0.2, 0.25) is 0 Å². The van der Waals surface area contributed by atoms with Crippen LogP contribution in [0.3, 0.4) is 0 Å². The van der Waals surface area contributed by atoms with Crippen LogP contribution in [0.25, 0.3) is 0 Å². The van der Waals surface area contributed by atoms with Crippen LogP contribution >= 0.6 is 0 Å². The molecule has 2 aromatic heterocycles. The van der Waals surface area contributed by atoms with Crippen molar-refractivity contribution in [1.29, 1.82) is 0 Å². The zero-order chi connectivity index (χ0) is 16.7. The molecule has 2 fully saturated rings. The highest BCUT2D eigenvalue weighted by molar-refractivity contribution is 5.08. The van der Waals surface area contributed by atoms with Gasteiger partial charge in [0.1, 0.15) is 11.6 Å². The fourth-order valence-corrected chi connectivity index (χ4v) is 3.93. The van der Waals surface area contributed by atoms with Crippen LogP contribution in [0.15, 0.2) is 6.07 Å². The molecule has 6 heteroatoms. The summed E-state index contributed by atoms with van der Waals surface area (Å²) in [6.07, 6.45) is 6.38. The van der Waals surface area contributed by atoms with Crippen LogP contribution in [0.4, 0.5) is 0 Å². The van der Waals surface area contributed by atoms with Gasteiger partial charge in [0.25, 0.3) is 0 Å². The first-order valence-electron chi connectivity index (χ1n) is 9.25. The summed E-state index contributed by atoms with van der Waals surface area (Å²) in [6, 6.07) is 2.70. The van der Waals surface area contributed by atoms with E-state index in [4.69, 9.17) is 0 Å². The van der Waals surface area contributed by atoms with Gasteiger partial charge in [0.2, 0.25) is 0 Å². The number of nitrogens with zero attached hydrogens (tertiary/aromatic N) is 6. The standard InChI is InChI=1S/C18H28N6/c1-13-10-14(2)24(21-13)11-16-6-4-5-9-23(16)12-17-19-20-18(22(17)3)15-7-8-15/h10,15-16H,4-9,11-12H2,1-3H3/t16-/m1/s1. The summed E-state index contributed by atoms with van der Waals surface area (Å²) in [5.74, 6) is 2.94. The summed E-state index contributed by atoms with van der Waals surface area (Å²) in [7, 11) is 2.13. The molecule has 0 N–H and O–H groups in total. The number of hydrogen-bond acceptors (Lipinski definition) is 4. The molecule has 130 valence electrons. The van der Waals surface area contributed by atoms with Crippen LogP contribution in [0, 0.1) is 13.8 Å². The van der Waals surface area contributed by atoms with E-state index in [-0.39, 0.29) is 0 Å². The molecule has 1 atom stereocenters. The topological polar surface area (TPSA) is 51.8 Å². The Labute approximate surface area is 143 Å². The summed E-state index contributed by atoms with van der Waals surface area (Å²) < 4.78 is 4.40. The number of aromatic nitrogens is 5. The van der Waals surface area contributed by atoms with E-state index < -0.39 is 0 Å². The summed E-state index contributed by atoms with van der Waals surface area (Å²) >= 11 is 0. The Balaban J connectivity index is 1.48. The third-order valence-electron chi connectivity index (χ3n) is 5.52. The van der Waals surface area contributed by atoms with Crippen LogP contribution < -0.4 is 0 Å². The van der Waals surface area contributed by atoms with Gasteiger partial charge in [-0.05, 0) is 52.1 Å². The lowest BCUT2D eigenvalue weighted by Crippen LogP contribution is -2.42. The van der Waals surface area contributed by atoms with E-state index in [1.165, 1.54) is 43.6 Å². The lowest BCUT2D eigenvalue weighted by atomic mass is 10.0. The molecule has 6 nitrogen and oxygen atoms in total. The van der Waals surface area contributed by atoms with Gasteiger partial charge in [0.05, 0.1) is 18.8 Å². The predicted octanol–water partition coefficient (Wildman–Crippen LogP) is 2.56. The molecule has 1 aliphatic heterocycles. The minimum atomic E-state index is 0.540. The quantitative estimate of drug-likeness (QED) is 0.846. The van der Waals surface area contributed by atoms with Crippen LogP contribution in [0.5, 0.6) is 0 Å². The third kappa shape index (κ3) is 3.11. The van der Waals surface area contributed by atoms with Crippen molar-refractivity contribution in [3.8, 4) is 0 Å². The van der Waals surface area contributed by atoms with E-state index >= 15 is 0 Å². The maximum atomic E-state index is 4.66. The Bertz CT molecular complexity index is 711. The zero-order valence-corrected chi connectivity index (χ0v) is 15.1. The summed E-state index contributed by atoms with van der Waals surface area (Å²) in [6.45, 7) is 7.25. The van der Waals surface area contributed by atoms with Gasteiger partial charge in [0, 0.05) is 24.7 Å². The first kappa shape index (κ1) is 15.8. The van der Waals surface area contributed by atoms with Gasteiger partial charge in [-0.2, -0.15) is 5.10 Å². The summed E-state index contributed by atoms with van der Waals surface area (Å²) in [5.41, 5.74) is 2.37. The predicted molar refractivity (Wildman–Crippen MR) is 92.7 cm³/mol. The highest BCUT2D eigenvalue weighted by atomic mass is 15.3. The van der Waals surface area contributed by atoms with Crippen molar-refractivity contribution in [3.63, 3.8) is 0 Å². The maximum Gasteiger partial charge on any atom is 0.146 e. The molecule has 1 aliphatic carbocycles. The molecule has 4 rings (SSSR count). The molecule has 1 saturated heterocycles. The average molecular weight is 328 g/mol. The van der Waals surface area contributed by atoms with E-state index in [1.54, 1.807) is 0 Å². The fourth-order valence-electron chi connectivity index (χ4n) is 3.93. The highest BCUT2D eigenvalue weighted by Gasteiger charge is 2.30. The van der Waals surface area contributed by atoms with Gasteiger partial charge in [0.15, 0.2) is 0 Å². The number of likely N-dealkylation sites (tertiary alicyclic amines) is 1. The molecule has 0 radical (unpaired) electrons. The monoisotopic (exact) mass is 328 g/mol. The minimum absolute atomic E-state index is 0.540. The molecular formula is C18H28N6. The van der Waals surface area contributed by atoms with Crippen molar-refractivity contribution in [2.45, 2.75) is 71.0 Å². The van der Waals surface area contributed by atoms with Crippen LogP contribution in [-0.4, -0.2) is 42.0 Å². The van der Waals surface area contributed by atoms with E-state index in [1.807, 2.05) is 0 Å². The minimum Gasteiger partial charge on any atom is -0.317 e. The first-order valence-corrected chi connectivity index (χ1v) is 9.25. The number of piperidine rings is 1. The Kier molecular flexibility index (Phi) is 4.16. The Morgan fingerprint density at radius 2 is 1.96 bits per heavy atom. The van der Waals surface area contributed by atoms with E-state index in [2.05, 4.69) is 56.4 Å². The fraction of sp³-hybridized carbons (Fsp3) is 0.722. The van der Waals surface area contributed by atoms with E-state index in [9.17, 15) is 0 Å². The van der Waals surface area contributed by atoms with Gasteiger partial charge in [-0.3, -0.25) is 9.58 Å². The first-order chi connectivity index (χ1) is 11.6. The summed E-state index contributed by atoms with van der Waals surface area (Å²) in [4.78, 5) is 2.58. The molecule has 0 aromatic carbocycles. The molecule has 0 unspecified atom stereocenters. The molecule has 2 aromatic rings. The van der Waals surface area contributed by atoms with Crippen molar-refractivity contribution in [2.75, 3.05) is 6.54 Å². The van der Waals surface area contributed by atoms with Crippen LogP contribution in [0.1, 0.15) is 61.1 Å². The molecule has 0 spiro atoms. The van der Waals surface area contributed by atoms with Crippen molar-refractivity contribution in [3.05, 3.63) is 29.1 Å². The molecule has 0 amide bonds. The second-order valence-corrected chi connectivity index (χ2v) is 7.54. The van der Waals surface area contributed by atoms with Gasteiger partial charge < -0.3 is 4.57 Å². The van der Waals surface area contributed by atoms with Gasteiger partial charge >= 0.3 is 0 Å². The van der Waals surface area contributed by atoms with E-state index in [0.29, 0.717) is 12.0 Å². The normalized spacial score (nSPS) is 22.2. The Morgan fingerprint density at radius 1 is 1.12 bits per heavy atom. The second-order valence-electron chi connectivity index (χ2n) is 7.54. The van der Waals surface area contributed by atoms with Gasteiger partial charge in [-0.1, -0.05) is 6.42 Å². The van der Waals surface area contributed by atoms with Crippen molar-refractivity contribution >= 4 is 0 Å². The van der Waals surface area contributed by atoms with Gasteiger partial charge in [-0.15, -0.1) is 10.2 Å². The maximum absolute atomic E-state index is 4.66. The molecule has 24 heavy (non-hydrogen) atoms. The van der Waals surface area contributed by atoms with Crippen molar-refractivity contribution < 1.29 is 0 Å². The molecular weight excluding hydrogens is 300 g/mol. The largest absolute Gasteiger partial charge is 0.317 e. The average Bonchev–Trinajstić information content (AvgIpc) is 3.26. The Morgan fingerprint density at radius 3 is 2.67 bits per heavy atom. The highest BCUT2D eigenvalue weighted by Crippen LogP contribution is 2.38. The van der Waals surface area contributed by atoms with Crippen LogP contribution in [-0.2, 0) is 20.1 Å². The smallest absolute Gasteiger partial charge is 0.146 e. The third-order valence-corrected chi connectivity index (χ3v) is 5.52. The zero-order valence-electron chi connectivity index (χ0n) is 15.1. The van der Waals surface area contributed by atoms with Gasteiger partial charge in [-0.25, -0.2) is 0 Å². The second kappa shape index (κ2) is 6.31. The SMILES string of the molecule is Cc1cc(C)n(C[C@H]2CCCCN2Cc2nnc(C3CC3)n2C)n1.